The zero-order valence-corrected chi connectivity index (χ0v) is 24.7. The summed E-state index contributed by atoms with van der Waals surface area (Å²) in [4.78, 5) is 57.2. The molecule has 0 saturated carbocycles. The molecule has 2 amide bonds. The van der Waals surface area contributed by atoms with Crippen LogP contribution in [0.3, 0.4) is 0 Å². The molecular weight excluding hydrogens is 575 g/mol. The number of ether oxygens (including phenoxy) is 2. The lowest BCUT2D eigenvalue weighted by atomic mass is 10.0. The van der Waals surface area contributed by atoms with Crippen LogP contribution in [0.15, 0.2) is 63.8 Å². The van der Waals surface area contributed by atoms with E-state index in [9.17, 15) is 23.6 Å². The monoisotopic (exact) mass is 606 g/mol. The molecule has 2 aromatic carbocycles. The van der Waals surface area contributed by atoms with E-state index in [1.54, 1.807) is 51.1 Å². The number of nitrogens with one attached hydrogen (secondary N) is 2. The molecule has 0 aliphatic carbocycles. The second-order valence-corrected chi connectivity index (χ2v) is 10.2. The molecule has 230 valence electrons. The number of hydrogen-bond donors (Lipinski definition) is 2. The van der Waals surface area contributed by atoms with Gasteiger partial charge in [0.1, 0.15) is 11.6 Å². The average molecular weight is 607 g/mol. The summed E-state index contributed by atoms with van der Waals surface area (Å²) in [6, 6.07) is 13.7. The summed E-state index contributed by atoms with van der Waals surface area (Å²) in [5.74, 6) is -3.28. The van der Waals surface area contributed by atoms with Gasteiger partial charge >= 0.3 is 17.8 Å². The Morgan fingerprint density at radius 1 is 1.05 bits per heavy atom. The zero-order valence-electron chi connectivity index (χ0n) is 24.7. The van der Waals surface area contributed by atoms with E-state index in [1.807, 2.05) is 0 Å². The average Bonchev–Trinajstić information content (AvgIpc) is 3.45. The highest BCUT2D eigenvalue weighted by Crippen LogP contribution is 2.23. The number of aromatic nitrogens is 4. The highest BCUT2D eigenvalue weighted by molar-refractivity contribution is 5.95. The Hall–Kier alpha value is -5.40. The number of halogens is 1. The third kappa shape index (κ3) is 7.32. The number of aryl methyl sites for hydroxylation is 1. The van der Waals surface area contributed by atoms with Crippen molar-refractivity contribution in [3.05, 3.63) is 105 Å². The number of rotatable bonds is 11. The first kappa shape index (κ1) is 31.5. The molecule has 0 saturated heterocycles. The van der Waals surface area contributed by atoms with E-state index in [0.717, 1.165) is 4.57 Å². The van der Waals surface area contributed by atoms with Crippen LogP contribution in [0.2, 0.25) is 0 Å². The fraction of sp³-hybridized carbons (Fsp3) is 0.300. The van der Waals surface area contributed by atoms with Crippen molar-refractivity contribution in [3.8, 4) is 5.75 Å². The second kappa shape index (κ2) is 13.3. The summed E-state index contributed by atoms with van der Waals surface area (Å²) in [6.07, 6.45) is -1.12. The molecule has 0 aliphatic heterocycles. The van der Waals surface area contributed by atoms with Crippen LogP contribution in [0.5, 0.6) is 5.75 Å². The number of amides is 2. The maximum absolute atomic E-state index is 13.7. The third-order valence-electron chi connectivity index (χ3n) is 6.37. The van der Waals surface area contributed by atoms with Crippen molar-refractivity contribution in [1.82, 2.24) is 30.4 Å². The van der Waals surface area contributed by atoms with Crippen molar-refractivity contribution in [1.29, 1.82) is 0 Å². The van der Waals surface area contributed by atoms with Crippen LogP contribution in [-0.2, 0) is 23.9 Å². The molecule has 0 bridgehead atoms. The second-order valence-electron chi connectivity index (χ2n) is 10.2. The molecule has 4 rings (SSSR count). The summed E-state index contributed by atoms with van der Waals surface area (Å²) < 4.78 is 31.0. The van der Waals surface area contributed by atoms with Gasteiger partial charge in [-0.05, 0) is 43.7 Å². The van der Waals surface area contributed by atoms with Gasteiger partial charge in [-0.25, -0.2) is 14.2 Å². The Bertz CT molecular complexity index is 1720. The van der Waals surface area contributed by atoms with Crippen LogP contribution < -0.4 is 20.9 Å². The summed E-state index contributed by atoms with van der Waals surface area (Å²) in [6.45, 7) is 6.29. The predicted molar refractivity (Wildman–Crippen MR) is 153 cm³/mol. The van der Waals surface area contributed by atoms with Crippen LogP contribution in [-0.4, -0.2) is 43.8 Å². The van der Waals surface area contributed by atoms with Crippen molar-refractivity contribution in [2.75, 3.05) is 0 Å². The van der Waals surface area contributed by atoms with Gasteiger partial charge in [-0.2, -0.15) is 0 Å². The van der Waals surface area contributed by atoms with E-state index in [-0.39, 0.29) is 36.1 Å². The predicted octanol–water partition coefficient (Wildman–Crippen LogP) is 3.18. The Kier molecular flexibility index (Phi) is 9.51. The SMILES string of the molecule is CCC(OC(=O)c1ccccc1)Oc1c(C(=O)NCc2ccc(F)cc2)nc(C(C)(C)NC(=O)c2nnc(C)o2)n(C)c1=O. The van der Waals surface area contributed by atoms with Gasteiger partial charge in [0.25, 0.3) is 11.5 Å². The number of carbonyl (C=O) groups excluding carboxylic acids is 3. The smallest absolute Gasteiger partial charge is 0.341 e. The molecule has 44 heavy (non-hydrogen) atoms. The van der Waals surface area contributed by atoms with E-state index < -0.39 is 52.4 Å². The number of benzene rings is 2. The largest absolute Gasteiger partial charge is 0.446 e. The van der Waals surface area contributed by atoms with Crippen LogP contribution in [0.1, 0.15) is 76.0 Å². The number of esters is 1. The Morgan fingerprint density at radius 3 is 2.34 bits per heavy atom. The summed E-state index contributed by atoms with van der Waals surface area (Å²) in [5, 5.41) is 12.7. The minimum absolute atomic E-state index is 0.0132. The lowest BCUT2D eigenvalue weighted by molar-refractivity contribution is -0.0510. The topological polar surface area (TPSA) is 168 Å². The molecule has 0 fully saturated rings. The van der Waals surface area contributed by atoms with Gasteiger partial charge in [0.15, 0.2) is 5.69 Å². The van der Waals surface area contributed by atoms with E-state index in [2.05, 4.69) is 25.8 Å². The molecule has 1 atom stereocenters. The normalized spacial score (nSPS) is 11.9. The van der Waals surface area contributed by atoms with Gasteiger partial charge < -0.3 is 24.5 Å². The fourth-order valence-corrected chi connectivity index (χ4v) is 4.13. The molecule has 2 N–H and O–H groups in total. The Labute approximate surface area is 251 Å². The quantitative estimate of drug-likeness (QED) is 0.191. The number of hydrogen-bond acceptors (Lipinski definition) is 10. The maximum Gasteiger partial charge on any atom is 0.341 e. The molecule has 14 heteroatoms. The first-order valence-electron chi connectivity index (χ1n) is 13.6. The van der Waals surface area contributed by atoms with E-state index in [0.29, 0.717) is 5.56 Å². The Balaban J connectivity index is 1.70. The van der Waals surface area contributed by atoms with Crippen molar-refractivity contribution in [3.63, 3.8) is 0 Å². The fourth-order valence-electron chi connectivity index (χ4n) is 4.13. The van der Waals surface area contributed by atoms with Gasteiger partial charge in [-0.1, -0.05) is 37.3 Å². The standard InChI is InChI=1S/C30H31FN6O7/c1-6-21(44-28(41)19-10-8-7-9-11-19)43-23-22(24(38)32-16-18-12-14-20(31)15-13-18)33-29(37(5)27(23)40)30(3,4)34-25(39)26-36-35-17(2)42-26/h7-15,21H,6,16H2,1-5H3,(H,32,38)(H,34,39). The van der Waals surface area contributed by atoms with Crippen LogP contribution in [0, 0.1) is 12.7 Å². The summed E-state index contributed by atoms with van der Waals surface area (Å²) in [5.41, 5.74) is -1.71. The molecule has 0 aliphatic rings. The summed E-state index contributed by atoms with van der Waals surface area (Å²) in [7, 11) is 1.39. The number of nitrogens with zero attached hydrogens (tertiary/aromatic N) is 4. The Morgan fingerprint density at radius 2 is 1.73 bits per heavy atom. The molecule has 13 nitrogen and oxygen atoms in total. The maximum atomic E-state index is 13.7. The van der Waals surface area contributed by atoms with Crippen molar-refractivity contribution in [2.24, 2.45) is 7.05 Å². The zero-order chi connectivity index (χ0) is 32.0. The minimum Gasteiger partial charge on any atom is -0.446 e. The lowest BCUT2D eigenvalue weighted by Gasteiger charge is -2.28. The van der Waals surface area contributed by atoms with E-state index >= 15 is 0 Å². The first-order chi connectivity index (χ1) is 20.9. The summed E-state index contributed by atoms with van der Waals surface area (Å²) >= 11 is 0. The molecule has 2 heterocycles. The van der Waals surface area contributed by atoms with Gasteiger partial charge in [-0.3, -0.25) is 19.0 Å². The molecular formula is C30H31FN6O7. The third-order valence-corrected chi connectivity index (χ3v) is 6.37. The highest BCUT2D eigenvalue weighted by atomic mass is 19.1. The highest BCUT2D eigenvalue weighted by Gasteiger charge is 2.34. The first-order valence-corrected chi connectivity index (χ1v) is 13.6. The van der Waals surface area contributed by atoms with E-state index in [1.165, 1.54) is 38.2 Å². The molecule has 0 spiro atoms. The lowest BCUT2D eigenvalue weighted by Crippen LogP contribution is -2.46. The molecule has 2 aromatic heterocycles. The molecule has 4 aromatic rings. The van der Waals surface area contributed by atoms with Gasteiger partial charge in [0, 0.05) is 26.9 Å². The minimum atomic E-state index is -1.35. The van der Waals surface area contributed by atoms with E-state index in [4.69, 9.17) is 13.9 Å². The molecule has 0 radical (unpaired) electrons. The van der Waals surface area contributed by atoms with Gasteiger partial charge in [0.2, 0.25) is 17.9 Å². The van der Waals surface area contributed by atoms with Gasteiger partial charge in [0.05, 0.1) is 11.1 Å². The van der Waals surface area contributed by atoms with Crippen molar-refractivity contribution in [2.45, 2.75) is 52.5 Å². The van der Waals surface area contributed by atoms with Crippen molar-refractivity contribution < 1.29 is 32.7 Å². The van der Waals surface area contributed by atoms with Crippen LogP contribution >= 0.6 is 0 Å². The number of carbonyl (C=O) groups is 3. The van der Waals surface area contributed by atoms with Crippen molar-refractivity contribution >= 4 is 17.8 Å². The molecule has 1 unspecified atom stereocenters. The van der Waals surface area contributed by atoms with Crippen LogP contribution in [0.25, 0.3) is 0 Å². The van der Waals surface area contributed by atoms with Crippen LogP contribution in [0.4, 0.5) is 4.39 Å². The van der Waals surface area contributed by atoms with Gasteiger partial charge in [-0.15, -0.1) is 10.2 Å².